The molecule has 0 saturated heterocycles. The Morgan fingerprint density at radius 3 is 2.57 bits per heavy atom. The van der Waals surface area contributed by atoms with Crippen molar-refractivity contribution in [1.29, 1.82) is 0 Å². The van der Waals surface area contributed by atoms with E-state index in [1.54, 1.807) is 6.20 Å². The van der Waals surface area contributed by atoms with Crippen molar-refractivity contribution in [3.8, 4) is 0 Å². The van der Waals surface area contributed by atoms with Crippen LogP contribution in [-0.4, -0.2) is 21.6 Å². The molecule has 2 heterocycles. The third kappa shape index (κ3) is 4.23. The van der Waals surface area contributed by atoms with E-state index >= 15 is 0 Å². The molecule has 0 atom stereocenters. The van der Waals surface area contributed by atoms with Crippen LogP contribution in [0.2, 0.25) is 0 Å². The average Bonchev–Trinajstić information content (AvgIpc) is 2.49. The van der Waals surface area contributed by atoms with Gasteiger partial charge in [-0.25, -0.2) is 4.98 Å². The van der Waals surface area contributed by atoms with Crippen LogP contribution in [0.4, 0.5) is 5.82 Å². The molecule has 2 N–H and O–H groups in total. The molecule has 2 rings (SSSR count). The second kappa shape index (κ2) is 6.63. The minimum atomic E-state index is -0.0339. The average molecular weight is 300 g/mol. The van der Waals surface area contributed by atoms with Gasteiger partial charge in [0, 0.05) is 30.6 Å². The molecule has 0 fully saturated rings. The monoisotopic (exact) mass is 300 g/mol. The van der Waals surface area contributed by atoms with Gasteiger partial charge in [0.25, 0.3) is 0 Å². The van der Waals surface area contributed by atoms with Gasteiger partial charge in [0.1, 0.15) is 5.82 Å². The Hall–Kier alpha value is -2.01. The van der Waals surface area contributed by atoms with Crippen LogP contribution in [0.15, 0.2) is 42.9 Å². The Labute approximate surface area is 131 Å². The van der Waals surface area contributed by atoms with Crippen LogP contribution in [0, 0.1) is 6.92 Å². The number of aromatic nitrogens is 2. The van der Waals surface area contributed by atoms with Gasteiger partial charge in [-0.15, -0.1) is 0 Å². The first kappa shape index (κ1) is 15.4. The van der Waals surface area contributed by atoms with Crippen molar-refractivity contribution in [2.24, 2.45) is 0 Å². The molecular formula is C16H20N4S. The highest BCUT2D eigenvalue weighted by atomic mass is 32.1. The lowest BCUT2D eigenvalue weighted by Crippen LogP contribution is -2.39. The maximum Gasteiger partial charge on any atom is 0.171 e. The Morgan fingerprint density at radius 1 is 1.19 bits per heavy atom. The molecular weight excluding hydrogens is 280 g/mol. The normalized spacial score (nSPS) is 11.0. The van der Waals surface area contributed by atoms with E-state index in [0.717, 1.165) is 17.9 Å². The van der Waals surface area contributed by atoms with E-state index in [1.807, 2.05) is 43.6 Å². The van der Waals surface area contributed by atoms with Gasteiger partial charge >= 0.3 is 0 Å². The predicted octanol–water partition coefficient (Wildman–Crippen LogP) is 3.05. The molecule has 2 aromatic rings. The first-order valence-corrected chi connectivity index (χ1v) is 7.27. The quantitative estimate of drug-likeness (QED) is 0.850. The van der Waals surface area contributed by atoms with Gasteiger partial charge in [0.05, 0.1) is 0 Å². The van der Waals surface area contributed by atoms with E-state index in [-0.39, 0.29) is 5.41 Å². The zero-order valence-corrected chi connectivity index (χ0v) is 13.4. The molecule has 0 aliphatic heterocycles. The molecule has 0 aromatic carbocycles. The number of hydrogen-bond donors (Lipinski definition) is 2. The van der Waals surface area contributed by atoms with Crippen molar-refractivity contribution in [2.45, 2.75) is 26.2 Å². The van der Waals surface area contributed by atoms with Crippen LogP contribution in [-0.2, 0) is 5.41 Å². The van der Waals surface area contributed by atoms with Crippen LogP contribution in [0.3, 0.4) is 0 Å². The van der Waals surface area contributed by atoms with Crippen LogP contribution >= 0.6 is 12.2 Å². The number of aryl methyl sites for hydroxylation is 1. The number of nitrogens with zero attached hydrogens (tertiary/aromatic N) is 2. The predicted molar refractivity (Wildman–Crippen MR) is 90.5 cm³/mol. The molecule has 110 valence electrons. The molecule has 0 aliphatic carbocycles. The van der Waals surface area contributed by atoms with Crippen molar-refractivity contribution >= 4 is 23.1 Å². The maximum atomic E-state index is 5.34. The highest BCUT2D eigenvalue weighted by Gasteiger charge is 2.20. The first-order chi connectivity index (χ1) is 9.99. The van der Waals surface area contributed by atoms with Gasteiger partial charge in [-0.3, -0.25) is 4.98 Å². The molecule has 5 heteroatoms. The Kier molecular flexibility index (Phi) is 4.85. The molecule has 0 amide bonds. The second-order valence-electron chi connectivity index (χ2n) is 5.60. The van der Waals surface area contributed by atoms with Crippen molar-refractivity contribution in [1.82, 2.24) is 15.3 Å². The number of hydrogen-bond acceptors (Lipinski definition) is 3. The summed E-state index contributed by atoms with van der Waals surface area (Å²) in [6.45, 7) is 7.07. The van der Waals surface area contributed by atoms with Crippen molar-refractivity contribution < 1.29 is 0 Å². The fourth-order valence-electron chi connectivity index (χ4n) is 1.97. The lowest BCUT2D eigenvalue weighted by molar-refractivity contribution is 0.514. The van der Waals surface area contributed by atoms with Gasteiger partial charge in [-0.05, 0) is 48.5 Å². The summed E-state index contributed by atoms with van der Waals surface area (Å²) in [6, 6.07) is 7.96. The summed E-state index contributed by atoms with van der Waals surface area (Å²) in [4.78, 5) is 8.33. The van der Waals surface area contributed by atoms with E-state index < -0.39 is 0 Å². The standard InChI is InChI=1S/C16H20N4S/c1-12-5-4-8-18-14(12)20-15(21)19-11-16(2,3)13-6-9-17-10-7-13/h4-10H,11H2,1-3H3,(H2,18,19,20,21). The van der Waals surface area contributed by atoms with E-state index in [4.69, 9.17) is 12.2 Å². The van der Waals surface area contributed by atoms with Crippen LogP contribution in [0.5, 0.6) is 0 Å². The molecule has 0 radical (unpaired) electrons. The highest BCUT2D eigenvalue weighted by molar-refractivity contribution is 7.80. The maximum absolute atomic E-state index is 5.34. The SMILES string of the molecule is Cc1cccnc1NC(=S)NCC(C)(C)c1ccncc1. The molecule has 0 saturated carbocycles. The van der Waals surface area contributed by atoms with Crippen LogP contribution in [0.25, 0.3) is 0 Å². The summed E-state index contributed by atoms with van der Waals surface area (Å²) < 4.78 is 0. The minimum Gasteiger partial charge on any atom is -0.362 e. The van der Waals surface area contributed by atoms with E-state index in [9.17, 15) is 0 Å². The summed E-state index contributed by atoms with van der Waals surface area (Å²) >= 11 is 5.34. The molecule has 0 unspecified atom stereocenters. The van der Waals surface area contributed by atoms with Crippen LogP contribution < -0.4 is 10.6 Å². The van der Waals surface area contributed by atoms with Crippen molar-refractivity contribution in [3.05, 3.63) is 54.0 Å². The number of rotatable bonds is 4. The number of thiocarbonyl (C=S) groups is 1. The van der Waals surface area contributed by atoms with Crippen LogP contribution in [0.1, 0.15) is 25.0 Å². The van der Waals surface area contributed by atoms with E-state index in [0.29, 0.717) is 5.11 Å². The van der Waals surface area contributed by atoms with Crippen molar-refractivity contribution in [3.63, 3.8) is 0 Å². The topological polar surface area (TPSA) is 49.8 Å². The highest BCUT2D eigenvalue weighted by Crippen LogP contribution is 2.21. The Bertz CT molecular complexity index is 611. The molecule has 0 bridgehead atoms. The largest absolute Gasteiger partial charge is 0.362 e. The fraction of sp³-hybridized carbons (Fsp3) is 0.312. The Balaban J connectivity index is 1.94. The second-order valence-corrected chi connectivity index (χ2v) is 6.00. The number of nitrogens with one attached hydrogen (secondary N) is 2. The zero-order valence-electron chi connectivity index (χ0n) is 12.6. The zero-order chi connectivity index (χ0) is 15.3. The summed E-state index contributed by atoms with van der Waals surface area (Å²) in [5.41, 5.74) is 2.25. The minimum absolute atomic E-state index is 0.0339. The molecule has 0 aliphatic rings. The lowest BCUT2D eigenvalue weighted by atomic mass is 9.85. The number of anilines is 1. The van der Waals surface area contributed by atoms with Gasteiger partial charge < -0.3 is 10.6 Å². The summed E-state index contributed by atoms with van der Waals surface area (Å²) in [5, 5.41) is 6.97. The summed E-state index contributed by atoms with van der Waals surface area (Å²) in [5.74, 6) is 0.789. The molecule has 4 nitrogen and oxygen atoms in total. The third-order valence-corrected chi connectivity index (χ3v) is 3.64. The van der Waals surface area contributed by atoms with Crippen molar-refractivity contribution in [2.75, 3.05) is 11.9 Å². The number of pyridine rings is 2. The molecule has 2 aromatic heterocycles. The Morgan fingerprint density at radius 2 is 1.90 bits per heavy atom. The fourth-order valence-corrected chi connectivity index (χ4v) is 2.14. The van der Waals surface area contributed by atoms with Gasteiger partial charge in [0.2, 0.25) is 0 Å². The van der Waals surface area contributed by atoms with Gasteiger partial charge in [0.15, 0.2) is 5.11 Å². The summed E-state index contributed by atoms with van der Waals surface area (Å²) in [7, 11) is 0. The first-order valence-electron chi connectivity index (χ1n) is 6.86. The molecule has 21 heavy (non-hydrogen) atoms. The third-order valence-electron chi connectivity index (χ3n) is 3.39. The van der Waals surface area contributed by atoms with Gasteiger partial charge in [-0.2, -0.15) is 0 Å². The molecule has 0 spiro atoms. The smallest absolute Gasteiger partial charge is 0.171 e. The summed E-state index contributed by atoms with van der Waals surface area (Å²) in [6.07, 6.45) is 5.37. The van der Waals surface area contributed by atoms with E-state index in [1.165, 1.54) is 5.56 Å². The van der Waals surface area contributed by atoms with Gasteiger partial charge in [-0.1, -0.05) is 19.9 Å². The van der Waals surface area contributed by atoms with E-state index in [2.05, 4.69) is 34.4 Å². The lowest BCUT2D eigenvalue weighted by Gasteiger charge is -2.26.